The number of amides is 1. The fourth-order valence-electron chi connectivity index (χ4n) is 2.66. The van der Waals surface area contributed by atoms with Crippen LogP contribution in [0.1, 0.15) is 24.0 Å². The molecule has 0 saturated heterocycles. The highest BCUT2D eigenvalue weighted by Gasteiger charge is 2.30. The lowest BCUT2D eigenvalue weighted by atomic mass is 10.2. The van der Waals surface area contributed by atoms with Crippen molar-refractivity contribution in [2.24, 2.45) is 0 Å². The second-order valence-corrected chi connectivity index (χ2v) is 5.93. The minimum atomic E-state index is -0.251. The molecular weight excluding hydrogens is 305 g/mol. The Bertz CT molecular complexity index is 780. The van der Waals surface area contributed by atoms with Gasteiger partial charge in [-0.3, -0.25) is 9.69 Å². The van der Waals surface area contributed by atoms with Crippen LogP contribution in [0.3, 0.4) is 0 Å². The molecule has 4 nitrogen and oxygen atoms in total. The lowest BCUT2D eigenvalue weighted by Gasteiger charge is -2.22. The van der Waals surface area contributed by atoms with Crippen molar-refractivity contribution in [2.45, 2.75) is 25.4 Å². The quantitative estimate of drug-likeness (QED) is 0.887. The van der Waals surface area contributed by atoms with Gasteiger partial charge in [0.15, 0.2) is 0 Å². The third-order valence-corrected chi connectivity index (χ3v) is 4.06. The van der Waals surface area contributed by atoms with E-state index in [1.54, 1.807) is 42.5 Å². The van der Waals surface area contributed by atoms with E-state index in [0.717, 1.165) is 12.8 Å². The van der Waals surface area contributed by atoms with Gasteiger partial charge in [-0.1, -0.05) is 30.3 Å². The molecule has 3 rings (SSSR count). The van der Waals surface area contributed by atoms with Gasteiger partial charge in [0.2, 0.25) is 5.91 Å². The third kappa shape index (κ3) is 3.98. The van der Waals surface area contributed by atoms with Crippen LogP contribution in [0.4, 0.5) is 10.1 Å². The van der Waals surface area contributed by atoms with Crippen molar-refractivity contribution in [3.8, 4) is 6.07 Å². The summed E-state index contributed by atoms with van der Waals surface area (Å²) in [6.45, 7) is 0.587. The van der Waals surface area contributed by atoms with Crippen molar-refractivity contribution < 1.29 is 9.18 Å². The largest absolute Gasteiger partial charge is 0.324 e. The molecule has 0 radical (unpaired) electrons. The first-order chi connectivity index (χ1) is 11.7. The van der Waals surface area contributed by atoms with E-state index in [1.807, 2.05) is 4.90 Å². The molecule has 1 aliphatic carbocycles. The number of anilines is 1. The number of para-hydroxylation sites is 1. The SMILES string of the molecule is N#Cc1ccccc1NC(=O)CN(Cc1ccccc1F)C1CC1. The zero-order valence-corrected chi connectivity index (χ0v) is 13.2. The number of carbonyl (C=O) groups is 1. The predicted octanol–water partition coefficient (Wildman–Crippen LogP) is 3.30. The van der Waals surface area contributed by atoms with Crippen LogP contribution in [0, 0.1) is 17.1 Å². The van der Waals surface area contributed by atoms with Crippen LogP contribution in [0.25, 0.3) is 0 Å². The highest BCUT2D eigenvalue weighted by Crippen LogP contribution is 2.28. The van der Waals surface area contributed by atoms with Crippen LogP contribution in [-0.2, 0) is 11.3 Å². The predicted molar refractivity (Wildman–Crippen MR) is 89.6 cm³/mol. The summed E-state index contributed by atoms with van der Waals surface area (Å²) in [5.74, 6) is -0.445. The van der Waals surface area contributed by atoms with Gasteiger partial charge in [0.05, 0.1) is 17.8 Å². The lowest BCUT2D eigenvalue weighted by Crippen LogP contribution is -2.34. The van der Waals surface area contributed by atoms with Crippen molar-refractivity contribution in [2.75, 3.05) is 11.9 Å². The van der Waals surface area contributed by atoms with Gasteiger partial charge in [0, 0.05) is 18.2 Å². The Morgan fingerprint density at radius 3 is 2.62 bits per heavy atom. The normalized spacial score (nSPS) is 13.5. The fourth-order valence-corrected chi connectivity index (χ4v) is 2.66. The molecule has 1 aliphatic rings. The number of nitrogens with one attached hydrogen (secondary N) is 1. The summed E-state index contributed by atoms with van der Waals surface area (Å²) in [6, 6.07) is 15.9. The molecule has 0 atom stereocenters. The van der Waals surface area contributed by atoms with Crippen molar-refractivity contribution >= 4 is 11.6 Å². The van der Waals surface area contributed by atoms with Gasteiger partial charge in [-0.2, -0.15) is 5.26 Å². The summed E-state index contributed by atoms with van der Waals surface area (Å²) in [5, 5.41) is 11.9. The van der Waals surface area contributed by atoms with E-state index in [9.17, 15) is 9.18 Å². The molecule has 122 valence electrons. The molecule has 1 amide bonds. The zero-order chi connectivity index (χ0) is 16.9. The van der Waals surface area contributed by atoms with Gasteiger partial charge in [-0.05, 0) is 31.0 Å². The minimum Gasteiger partial charge on any atom is -0.324 e. The fraction of sp³-hybridized carbons (Fsp3) is 0.263. The molecule has 0 bridgehead atoms. The Labute approximate surface area is 140 Å². The summed E-state index contributed by atoms with van der Waals surface area (Å²) in [7, 11) is 0. The molecule has 2 aromatic rings. The highest BCUT2D eigenvalue weighted by molar-refractivity contribution is 5.93. The van der Waals surface area contributed by atoms with Crippen molar-refractivity contribution in [1.82, 2.24) is 4.90 Å². The molecule has 1 saturated carbocycles. The minimum absolute atomic E-state index is 0.179. The maximum Gasteiger partial charge on any atom is 0.238 e. The van der Waals surface area contributed by atoms with Gasteiger partial charge < -0.3 is 5.32 Å². The van der Waals surface area contributed by atoms with E-state index >= 15 is 0 Å². The van der Waals surface area contributed by atoms with Gasteiger partial charge in [-0.15, -0.1) is 0 Å². The van der Waals surface area contributed by atoms with E-state index in [4.69, 9.17) is 5.26 Å². The maximum atomic E-state index is 13.9. The molecule has 0 unspecified atom stereocenters. The first-order valence-electron chi connectivity index (χ1n) is 7.94. The Morgan fingerprint density at radius 2 is 1.92 bits per heavy atom. The van der Waals surface area contributed by atoms with Gasteiger partial charge >= 0.3 is 0 Å². The summed E-state index contributed by atoms with van der Waals surface area (Å²) < 4.78 is 13.9. The van der Waals surface area contributed by atoms with E-state index in [2.05, 4.69) is 11.4 Å². The number of benzene rings is 2. The second-order valence-electron chi connectivity index (χ2n) is 5.93. The Morgan fingerprint density at radius 1 is 1.21 bits per heavy atom. The van der Waals surface area contributed by atoms with Gasteiger partial charge in [-0.25, -0.2) is 4.39 Å². The molecule has 0 spiro atoms. The molecule has 1 fully saturated rings. The van der Waals surface area contributed by atoms with E-state index in [-0.39, 0.29) is 18.3 Å². The maximum absolute atomic E-state index is 13.9. The highest BCUT2D eigenvalue weighted by atomic mass is 19.1. The van der Waals surface area contributed by atoms with Crippen LogP contribution in [0.15, 0.2) is 48.5 Å². The van der Waals surface area contributed by atoms with Crippen LogP contribution < -0.4 is 5.32 Å². The van der Waals surface area contributed by atoms with Crippen LogP contribution in [-0.4, -0.2) is 23.4 Å². The Balaban J connectivity index is 1.67. The molecule has 0 aliphatic heterocycles. The molecular formula is C19H18FN3O. The number of carbonyl (C=O) groups excluding carboxylic acids is 1. The molecule has 5 heteroatoms. The lowest BCUT2D eigenvalue weighted by molar-refractivity contribution is -0.117. The van der Waals surface area contributed by atoms with Gasteiger partial charge in [0.1, 0.15) is 11.9 Å². The van der Waals surface area contributed by atoms with Crippen LogP contribution >= 0.6 is 0 Å². The number of nitriles is 1. The number of halogens is 1. The Hall–Kier alpha value is -2.71. The monoisotopic (exact) mass is 323 g/mol. The van der Waals surface area contributed by atoms with Crippen molar-refractivity contribution in [3.63, 3.8) is 0 Å². The van der Waals surface area contributed by atoms with Crippen molar-refractivity contribution in [1.29, 1.82) is 5.26 Å². The summed E-state index contributed by atoms with van der Waals surface area (Å²) in [4.78, 5) is 14.3. The summed E-state index contributed by atoms with van der Waals surface area (Å²) >= 11 is 0. The van der Waals surface area contributed by atoms with Gasteiger partial charge in [0.25, 0.3) is 0 Å². The average Bonchev–Trinajstić information content (AvgIpc) is 3.41. The van der Waals surface area contributed by atoms with Crippen molar-refractivity contribution in [3.05, 3.63) is 65.5 Å². The van der Waals surface area contributed by atoms with E-state index < -0.39 is 0 Å². The van der Waals surface area contributed by atoms with Crippen LogP contribution in [0.5, 0.6) is 0 Å². The molecule has 0 aromatic heterocycles. The number of hydrogen-bond acceptors (Lipinski definition) is 3. The van der Waals surface area contributed by atoms with E-state index in [0.29, 0.717) is 29.4 Å². The number of hydrogen-bond donors (Lipinski definition) is 1. The smallest absolute Gasteiger partial charge is 0.238 e. The third-order valence-electron chi connectivity index (χ3n) is 4.06. The Kier molecular flexibility index (Phi) is 4.88. The molecule has 1 N–H and O–H groups in total. The number of nitrogens with zero attached hydrogens (tertiary/aromatic N) is 2. The number of rotatable bonds is 6. The topological polar surface area (TPSA) is 56.1 Å². The average molecular weight is 323 g/mol. The second kappa shape index (κ2) is 7.24. The molecule has 2 aromatic carbocycles. The summed E-state index contributed by atoms with van der Waals surface area (Å²) in [5.41, 5.74) is 1.53. The first-order valence-corrected chi connectivity index (χ1v) is 7.94. The first kappa shape index (κ1) is 16.2. The molecule has 0 heterocycles. The molecule has 24 heavy (non-hydrogen) atoms. The van der Waals surface area contributed by atoms with E-state index in [1.165, 1.54) is 6.07 Å². The van der Waals surface area contributed by atoms with Crippen LogP contribution in [0.2, 0.25) is 0 Å². The zero-order valence-electron chi connectivity index (χ0n) is 13.2. The summed E-state index contributed by atoms with van der Waals surface area (Å²) in [6.07, 6.45) is 2.05. The standard InChI is InChI=1S/C19H18FN3O/c20-17-7-3-1-6-15(17)12-23(16-9-10-16)13-19(24)22-18-8-4-2-5-14(18)11-21/h1-8,16H,9-10,12-13H2,(H,22,24).